The molecule has 1 heterocycles. The minimum atomic E-state index is -1.11. The molecule has 0 radical (unpaired) electrons. The summed E-state index contributed by atoms with van der Waals surface area (Å²) in [4.78, 5) is 14.2. The summed E-state index contributed by atoms with van der Waals surface area (Å²) in [7, 11) is 0. The molecule has 4 N–H and O–H groups in total. The number of carboxylic acids is 1. The number of aromatic carboxylic acids is 1. The summed E-state index contributed by atoms with van der Waals surface area (Å²) in [6.07, 6.45) is 0.639. The number of carbonyl (C=O) groups is 1. The van der Waals surface area contributed by atoms with Gasteiger partial charge in [0.15, 0.2) is 0 Å². The highest BCUT2D eigenvalue weighted by atomic mass is 16.4. The second-order valence-electron chi connectivity index (χ2n) is 3.05. The molecule has 0 fully saturated rings. The van der Waals surface area contributed by atoms with Crippen LogP contribution in [0.15, 0.2) is 18.3 Å². The van der Waals surface area contributed by atoms with E-state index >= 15 is 0 Å². The summed E-state index contributed by atoms with van der Waals surface area (Å²) in [5.74, 6) is -1.11. The Morgan fingerprint density at radius 1 is 1.64 bits per heavy atom. The smallest absolute Gasteiger partial charge is 0.354 e. The first-order chi connectivity index (χ1) is 6.52. The van der Waals surface area contributed by atoms with E-state index in [0.29, 0.717) is 5.56 Å². The third kappa shape index (κ3) is 2.27. The van der Waals surface area contributed by atoms with Crippen molar-refractivity contribution in [2.45, 2.75) is 19.1 Å². The van der Waals surface area contributed by atoms with Crippen molar-refractivity contribution >= 4 is 5.97 Å². The highest BCUT2D eigenvalue weighted by molar-refractivity contribution is 5.85. The molecule has 0 aromatic carbocycles. The number of pyridine rings is 1. The van der Waals surface area contributed by atoms with Gasteiger partial charge in [-0.1, -0.05) is 0 Å². The fourth-order valence-corrected chi connectivity index (χ4v) is 1.05. The van der Waals surface area contributed by atoms with Crippen LogP contribution in [0.2, 0.25) is 0 Å². The molecule has 2 atom stereocenters. The highest BCUT2D eigenvalue weighted by Crippen LogP contribution is 2.14. The van der Waals surface area contributed by atoms with Crippen LogP contribution in [-0.2, 0) is 0 Å². The van der Waals surface area contributed by atoms with Crippen LogP contribution in [0, 0.1) is 0 Å². The Kier molecular flexibility index (Phi) is 3.16. The van der Waals surface area contributed by atoms with E-state index in [0.717, 1.165) is 0 Å². The molecule has 1 aromatic heterocycles. The highest BCUT2D eigenvalue weighted by Gasteiger charge is 2.14. The molecule has 1 aromatic rings. The number of aliphatic hydroxyl groups is 1. The van der Waals surface area contributed by atoms with Gasteiger partial charge < -0.3 is 15.9 Å². The minimum Gasteiger partial charge on any atom is -0.477 e. The van der Waals surface area contributed by atoms with Crippen molar-refractivity contribution in [1.82, 2.24) is 4.98 Å². The van der Waals surface area contributed by atoms with Gasteiger partial charge in [0.1, 0.15) is 5.69 Å². The quantitative estimate of drug-likeness (QED) is 0.639. The predicted molar refractivity (Wildman–Crippen MR) is 49.8 cm³/mol. The first-order valence-corrected chi connectivity index (χ1v) is 4.15. The van der Waals surface area contributed by atoms with Crippen molar-refractivity contribution in [3.8, 4) is 0 Å². The van der Waals surface area contributed by atoms with Crippen LogP contribution in [0.1, 0.15) is 29.0 Å². The first kappa shape index (κ1) is 10.6. The average molecular weight is 196 g/mol. The molecule has 0 bridgehead atoms. The fourth-order valence-electron chi connectivity index (χ4n) is 1.05. The van der Waals surface area contributed by atoms with Crippen LogP contribution in [0.4, 0.5) is 0 Å². The third-order valence-electron chi connectivity index (χ3n) is 1.91. The number of hydrogen-bond donors (Lipinski definition) is 3. The van der Waals surface area contributed by atoms with Crippen LogP contribution in [0.5, 0.6) is 0 Å². The second kappa shape index (κ2) is 4.17. The van der Waals surface area contributed by atoms with E-state index in [4.69, 9.17) is 10.8 Å². The van der Waals surface area contributed by atoms with Gasteiger partial charge in [0.05, 0.1) is 12.1 Å². The van der Waals surface area contributed by atoms with Gasteiger partial charge in [0.25, 0.3) is 0 Å². The lowest BCUT2D eigenvalue weighted by atomic mass is 10.0. The van der Waals surface area contributed by atoms with E-state index in [2.05, 4.69) is 4.98 Å². The maximum atomic E-state index is 10.6. The van der Waals surface area contributed by atoms with E-state index in [1.54, 1.807) is 13.0 Å². The number of nitrogens with zero attached hydrogens (tertiary/aromatic N) is 1. The number of aromatic nitrogens is 1. The number of aliphatic hydroxyl groups excluding tert-OH is 1. The second-order valence-corrected chi connectivity index (χ2v) is 3.05. The molecule has 5 heteroatoms. The maximum absolute atomic E-state index is 10.6. The van der Waals surface area contributed by atoms with Crippen molar-refractivity contribution in [1.29, 1.82) is 0 Å². The van der Waals surface area contributed by atoms with Crippen molar-refractivity contribution in [2.24, 2.45) is 5.73 Å². The molecule has 0 aliphatic heterocycles. The first-order valence-electron chi connectivity index (χ1n) is 4.15. The molecule has 14 heavy (non-hydrogen) atoms. The lowest BCUT2D eigenvalue weighted by molar-refractivity contribution is 0.0690. The largest absolute Gasteiger partial charge is 0.477 e. The average Bonchev–Trinajstić information content (AvgIpc) is 2.16. The van der Waals surface area contributed by atoms with Crippen LogP contribution < -0.4 is 5.73 Å². The minimum absolute atomic E-state index is 0.0707. The Morgan fingerprint density at radius 3 is 2.79 bits per heavy atom. The summed E-state index contributed by atoms with van der Waals surface area (Å²) >= 11 is 0. The number of carboxylic acid groups (broad SMARTS) is 1. The van der Waals surface area contributed by atoms with Gasteiger partial charge >= 0.3 is 5.97 Å². The summed E-state index contributed by atoms with van der Waals surface area (Å²) < 4.78 is 0. The van der Waals surface area contributed by atoms with Crippen molar-refractivity contribution in [2.75, 3.05) is 0 Å². The van der Waals surface area contributed by atoms with Crippen molar-refractivity contribution in [3.63, 3.8) is 0 Å². The molecule has 0 aliphatic carbocycles. The maximum Gasteiger partial charge on any atom is 0.354 e. The Bertz CT molecular complexity index is 339. The van der Waals surface area contributed by atoms with Gasteiger partial charge in [-0.15, -0.1) is 0 Å². The van der Waals surface area contributed by atoms with E-state index in [1.165, 1.54) is 12.3 Å². The zero-order valence-corrected chi connectivity index (χ0v) is 7.71. The fraction of sp³-hybridized carbons (Fsp3) is 0.333. The zero-order valence-electron chi connectivity index (χ0n) is 7.71. The molecule has 0 aliphatic rings. The predicted octanol–water partition coefficient (Wildman–Crippen LogP) is 0.160. The Hall–Kier alpha value is -1.46. The molecule has 0 saturated heterocycles. The summed E-state index contributed by atoms with van der Waals surface area (Å²) in [5, 5.41) is 17.9. The van der Waals surface area contributed by atoms with Gasteiger partial charge in [0, 0.05) is 6.20 Å². The van der Waals surface area contributed by atoms with E-state index in [9.17, 15) is 9.90 Å². The summed E-state index contributed by atoms with van der Waals surface area (Å²) in [5.41, 5.74) is 6.13. The standard InChI is InChI=1S/C9H12N2O3/c1-5(12)8(10)6-2-3-11-7(4-6)9(13)14/h2-5,8,12H,10H2,1H3,(H,13,14)/t5-,8-/m1/s1. The van der Waals surface area contributed by atoms with Gasteiger partial charge in [-0.05, 0) is 24.6 Å². The molecule has 1 rings (SSSR count). The van der Waals surface area contributed by atoms with Gasteiger partial charge in [-0.2, -0.15) is 0 Å². The monoisotopic (exact) mass is 196 g/mol. The molecule has 0 spiro atoms. The molecule has 76 valence electrons. The Balaban J connectivity index is 2.99. The molecular weight excluding hydrogens is 184 g/mol. The van der Waals surface area contributed by atoms with Crippen molar-refractivity contribution < 1.29 is 15.0 Å². The van der Waals surface area contributed by atoms with Crippen LogP contribution in [0.3, 0.4) is 0 Å². The van der Waals surface area contributed by atoms with Gasteiger partial charge in [-0.25, -0.2) is 9.78 Å². The summed E-state index contributed by atoms with van der Waals surface area (Å²) in [6, 6.07) is 2.36. The lowest BCUT2D eigenvalue weighted by Crippen LogP contribution is -2.23. The molecule has 0 amide bonds. The molecular formula is C9H12N2O3. The van der Waals surface area contributed by atoms with E-state index in [-0.39, 0.29) is 5.69 Å². The van der Waals surface area contributed by atoms with Crippen molar-refractivity contribution in [3.05, 3.63) is 29.6 Å². The lowest BCUT2D eigenvalue weighted by Gasteiger charge is -2.14. The number of rotatable bonds is 3. The van der Waals surface area contributed by atoms with Crippen LogP contribution in [0.25, 0.3) is 0 Å². The molecule has 0 unspecified atom stereocenters. The third-order valence-corrected chi connectivity index (χ3v) is 1.91. The zero-order chi connectivity index (χ0) is 10.7. The Morgan fingerprint density at radius 2 is 2.29 bits per heavy atom. The van der Waals surface area contributed by atoms with E-state index in [1.807, 2.05) is 0 Å². The SMILES string of the molecule is C[C@@H](O)[C@@H](N)c1ccnc(C(=O)O)c1. The van der Waals surface area contributed by atoms with E-state index < -0.39 is 18.1 Å². The molecule has 5 nitrogen and oxygen atoms in total. The van der Waals surface area contributed by atoms with Gasteiger partial charge in [-0.3, -0.25) is 0 Å². The van der Waals surface area contributed by atoms with Crippen LogP contribution in [-0.4, -0.2) is 27.3 Å². The van der Waals surface area contributed by atoms with Crippen LogP contribution >= 0.6 is 0 Å². The van der Waals surface area contributed by atoms with Gasteiger partial charge in [0.2, 0.25) is 0 Å². The molecule has 0 saturated carbocycles. The summed E-state index contributed by atoms with van der Waals surface area (Å²) in [6.45, 7) is 1.55. The number of hydrogen-bond acceptors (Lipinski definition) is 4. The normalized spacial score (nSPS) is 14.8. The Labute approximate surface area is 81.2 Å². The topological polar surface area (TPSA) is 96.4 Å². The number of nitrogens with two attached hydrogens (primary N) is 1.